The number of primary amides is 1. The van der Waals surface area contributed by atoms with Gasteiger partial charge in [-0.25, -0.2) is 4.98 Å². The average molecular weight is 522 g/mol. The van der Waals surface area contributed by atoms with Crippen molar-refractivity contribution in [2.45, 2.75) is 20.0 Å². The number of nitrogens with two attached hydrogens (primary N) is 1. The van der Waals surface area contributed by atoms with Crippen LogP contribution in [-0.4, -0.2) is 41.3 Å². The monoisotopic (exact) mass is 522 g/mol. The van der Waals surface area contributed by atoms with E-state index in [0.29, 0.717) is 22.6 Å². The van der Waals surface area contributed by atoms with Crippen molar-refractivity contribution in [2.24, 2.45) is 19.8 Å². The van der Waals surface area contributed by atoms with Gasteiger partial charge in [0.2, 0.25) is 5.69 Å². The third-order valence-electron chi connectivity index (χ3n) is 5.53. The highest BCUT2D eigenvalue weighted by atomic mass is 32.1. The summed E-state index contributed by atoms with van der Waals surface area (Å²) in [6.45, 7) is 2.97. The van der Waals surface area contributed by atoms with E-state index in [0.717, 1.165) is 10.7 Å². The number of hydrogen-bond acceptors (Lipinski definition) is 8. The Hall–Kier alpha value is -4.34. The third kappa shape index (κ3) is 3.94. The fourth-order valence-electron chi connectivity index (χ4n) is 3.80. The second-order valence-corrected chi connectivity index (χ2v) is 8.79. The van der Waals surface area contributed by atoms with Crippen molar-refractivity contribution in [3.63, 3.8) is 0 Å². The maximum Gasteiger partial charge on any atom is 0.433 e. The zero-order valence-corrected chi connectivity index (χ0v) is 19.9. The molecule has 4 aromatic heterocycles. The molecule has 0 spiro atoms. The summed E-state index contributed by atoms with van der Waals surface area (Å²) in [6.07, 6.45) is -3.47. The van der Waals surface area contributed by atoms with E-state index in [2.05, 4.69) is 20.5 Å². The number of aromatic nitrogens is 5. The molecule has 0 saturated heterocycles. The first-order valence-electron chi connectivity index (χ1n) is 10.0. The van der Waals surface area contributed by atoms with Gasteiger partial charge in [-0.2, -0.15) is 23.4 Å². The molecule has 4 rings (SSSR count). The van der Waals surface area contributed by atoms with Gasteiger partial charge in [0.05, 0.1) is 16.8 Å². The molecule has 12 nitrogen and oxygen atoms in total. The van der Waals surface area contributed by atoms with Crippen LogP contribution >= 0.6 is 11.3 Å². The van der Waals surface area contributed by atoms with E-state index in [1.165, 1.54) is 24.9 Å². The maximum absolute atomic E-state index is 13.7. The maximum atomic E-state index is 13.7. The second kappa shape index (κ2) is 8.40. The lowest BCUT2D eigenvalue weighted by Gasteiger charge is -2.12. The molecule has 4 aromatic rings. The summed E-state index contributed by atoms with van der Waals surface area (Å²) >= 11 is 0.557. The molecule has 0 aliphatic rings. The van der Waals surface area contributed by atoms with Crippen molar-refractivity contribution >= 4 is 44.7 Å². The summed E-state index contributed by atoms with van der Waals surface area (Å²) in [6, 6.07) is 0.788. The predicted octanol–water partition coefficient (Wildman–Crippen LogP) is 3.33. The van der Waals surface area contributed by atoms with E-state index in [1.54, 1.807) is 14.0 Å². The Kier molecular flexibility index (Phi) is 5.78. The quantitative estimate of drug-likeness (QED) is 0.300. The number of carbonyl (C=O) groups excluding carboxylic acids is 2. The van der Waals surface area contributed by atoms with Crippen LogP contribution in [0.4, 0.5) is 24.5 Å². The molecule has 0 atom stereocenters. The SMILES string of the molecule is Cc1nn(C)c(C(=O)Nc2c(C(N)=O)sc3nc(C(F)(F)F)cc(-c4cnn(C)c4C)c23)c1[N+](=O)[O-]. The number of amides is 2. The summed E-state index contributed by atoms with van der Waals surface area (Å²) in [5.41, 5.74) is 3.81. The molecule has 0 radical (unpaired) electrons. The number of halogens is 3. The van der Waals surface area contributed by atoms with E-state index in [1.807, 2.05) is 0 Å². The number of alkyl halides is 3. The number of anilines is 1. The topological polar surface area (TPSA) is 164 Å². The lowest BCUT2D eigenvalue weighted by Crippen LogP contribution is -2.20. The molecule has 36 heavy (non-hydrogen) atoms. The van der Waals surface area contributed by atoms with E-state index in [4.69, 9.17) is 5.73 Å². The number of fused-ring (bicyclic) bond motifs is 1. The van der Waals surface area contributed by atoms with Crippen molar-refractivity contribution in [3.05, 3.63) is 50.0 Å². The first kappa shape index (κ1) is 24.8. The number of rotatable bonds is 5. The van der Waals surface area contributed by atoms with Crippen molar-refractivity contribution < 1.29 is 27.7 Å². The van der Waals surface area contributed by atoms with Crippen LogP contribution < -0.4 is 11.1 Å². The van der Waals surface area contributed by atoms with Crippen LogP contribution in [0.2, 0.25) is 0 Å². The number of aryl methyl sites for hydroxylation is 3. The van der Waals surface area contributed by atoms with Crippen LogP contribution in [0.15, 0.2) is 12.3 Å². The van der Waals surface area contributed by atoms with Gasteiger partial charge in [-0.15, -0.1) is 11.3 Å². The number of nitrogens with zero attached hydrogens (tertiary/aromatic N) is 6. The molecule has 0 aliphatic heterocycles. The Balaban J connectivity index is 2.02. The fraction of sp³-hybridized carbons (Fsp3) is 0.250. The molecule has 0 saturated carbocycles. The second-order valence-electron chi connectivity index (χ2n) is 7.79. The van der Waals surface area contributed by atoms with Crippen LogP contribution in [0.25, 0.3) is 21.3 Å². The number of pyridine rings is 1. The highest BCUT2D eigenvalue weighted by molar-refractivity contribution is 7.21. The molecule has 0 bridgehead atoms. The summed E-state index contributed by atoms with van der Waals surface area (Å²) in [5, 5.41) is 21.9. The number of nitro groups is 1. The summed E-state index contributed by atoms with van der Waals surface area (Å²) < 4.78 is 43.4. The smallest absolute Gasteiger partial charge is 0.365 e. The van der Waals surface area contributed by atoms with Crippen molar-refractivity contribution in [1.29, 1.82) is 0 Å². The van der Waals surface area contributed by atoms with E-state index in [9.17, 15) is 32.9 Å². The highest BCUT2D eigenvalue weighted by Gasteiger charge is 2.36. The van der Waals surface area contributed by atoms with Crippen LogP contribution in [0, 0.1) is 24.0 Å². The Bertz CT molecular complexity index is 1580. The van der Waals surface area contributed by atoms with E-state index >= 15 is 0 Å². The van der Waals surface area contributed by atoms with Gasteiger partial charge < -0.3 is 11.1 Å². The van der Waals surface area contributed by atoms with Crippen LogP contribution in [-0.2, 0) is 20.3 Å². The summed E-state index contributed by atoms with van der Waals surface area (Å²) in [4.78, 5) is 39.4. The Labute approximate surface area is 203 Å². The third-order valence-corrected chi connectivity index (χ3v) is 6.63. The van der Waals surface area contributed by atoms with Crippen LogP contribution in [0.1, 0.15) is 37.2 Å². The number of nitrogens with one attached hydrogen (secondary N) is 1. The van der Waals surface area contributed by atoms with Crippen LogP contribution in [0.3, 0.4) is 0 Å². The minimum atomic E-state index is -4.81. The molecule has 0 unspecified atom stereocenters. The Morgan fingerprint density at radius 1 is 1.19 bits per heavy atom. The minimum Gasteiger partial charge on any atom is -0.365 e. The molecular weight excluding hydrogens is 505 g/mol. The summed E-state index contributed by atoms with van der Waals surface area (Å²) in [5.74, 6) is -2.05. The van der Waals surface area contributed by atoms with Gasteiger partial charge in [-0.05, 0) is 25.5 Å². The largest absolute Gasteiger partial charge is 0.433 e. The van der Waals surface area contributed by atoms with Crippen molar-refractivity contribution in [2.75, 3.05) is 5.32 Å². The van der Waals surface area contributed by atoms with Gasteiger partial charge in [0.25, 0.3) is 11.8 Å². The van der Waals surface area contributed by atoms with Gasteiger partial charge in [-0.3, -0.25) is 29.1 Å². The van der Waals surface area contributed by atoms with E-state index < -0.39 is 40.0 Å². The molecule has 0 aromatic carbocycles. The lowest BCUT2D eigenvalue weighted by atomic mass is 10.0. The van der Waals surface area contributed by atoms with Gasteiger partial charge in [0.1, 0.15) is 21.1 Å². The molecule has 0 fully saturated rings. The molecular formula is C20H17F3N8O4S. The average Bonchev–Trinajstić information content (AvgIpc) is 3.40. The zero-order chi connectivity index (χ0) is 26.7. The predicted molar refractivity (Wildman–Crippen MR) is 123 cm³/mol. The number of thiophene rings is 1. The van der Waals surface area contributed by atoms with Gasteiger partial charge >= 0.3 is 11.9 Å². The fourth-order valence-corrected chi connectivity index (χ4v) is 4.81. The molecule has 0 aliphatic carbocycles. The Morgan fingerprint density at radius 2 is 1.86 bits per heavy atom. The summed E-state index contributed by atoms with van der Waals surface area (Å²) in [7, 11) is 2.91. The first-order chi connectivity index (χ1) is 16.7. The zero-order valence-electron chi connectivity index (χ0n) is 19.1. The minimum absolute atomic E-state index is 0.00680. The van der Waals surface area contributed by atoms with Gasteiger partial charge in [0.15, 0.2) is 0 Å². The Morgan fingerprint density at radius 3 is 2.39 bits per heavy atom. The van der Waals surface area contributed by atoms with Gasteiger partial charge in [-0.1, -0.05) is 0 Å². The normalized spacial score (nSPS) is 11.8. The highest BCUT2D eigenvalue weighted by Crippen LogP contribution is 2.44. The number of carbonyl (C=O) groups is 2. The lowest BCUT2D eigenvalue weighted by molar-refractivity contribution is -0.385. The molecule has 2 amide bonds. The van der Waals surface area contributed by atoms with Crippen molar-refractivity contribution in [3.8, 4) is 11.1 Å². The molecule has 4 heterocycles. The van der Waals surface area contributed by atoms with E-state index in [-0.39, 0.29) is 32.0 Å². The molecule has 188 valence electrons. The number of hydrogen-bond donors (Lipinski definition) is 2. The first-order valence-corrected chi connectivity index (χ1v) is 10.9. The molecule has 16 heteroatoms. The van der Waals surface area contributed by atoms with Crippen molar-refractivity contribution in [1.82, 2.24) is 24.5 Å². The van der Waals surface area contributed by atoms with Gasteiger partial charge in [0, 0.05) is 30.7 Å². The standard InChI is InChI=1S/C20H17F3N8O4S/c1-7-14(31(34)35)15(30(4)28-7)18(33)27-13-12-9(10-6-25-29(3)8(10)2)5-11(20(21,22)23)26-19(12)36-16(13)17(24)32/h5-6H,1-4H3,(H2,24,32)(H,27,33). The molecule has 3 N–H and O–H groups in total. The van der Waals surface area contributed by atoms with Crippen LogP contribution in [0.5, 0.6) is 0 Å².